The van der Waals surface area contributed by atoms with Crippen molar-refractivity contribution >= 4 is 56.1 Å². The number of nitrogens with one attached hydrogen (secondary N) is 5. The third kappa shape index (κ3) is 7.10. The van der Waals surface area contributed by atoms with Crippen LogP contribution in [0.15, 0.2) is 48.8 Å². The molecule has 15 heteroatoms. The van der Waals surface area contributed by atoms with Crippen molar-refractivity contribution in [1.29, 1.82) is 0 Å². The first kappa shape index (κ1) is 38.4. The van der Waals surface area contributed by atoms with Crippen molar-refractivity contribution in [3.8, 4) is 21.8 Å². The minimum atomic E-state index is -0.691. The van der Waals surface area contributed by atoms with Gasteiger partial charge in [0.05, 0.1) is 47.9 Å². The summed E-state index contributed by atoms with van der Waals surface area (Å²) in [5.41, 5.74) is 2.78. The van der Waals surface area contributed by atoms with Crippen molar-refractivity contribution in [2.24, 2.45) is 17.8 Å². The van der Waals surface area contributed by atoms with Crippen LogP contribution in [0.2, 0.25) is 0 Å². The Balaban J connectivity index is 1.02. The monoisotopic (exact) mass is 793 g/mol. The van der Waals surface area contributed by atoms with E-state index in [-0.39, 0.29) is 47.8 Å². The maximum absolute atomic E-state index is 14.0. The largest absolute Gasteiger partial charge is 0.453 e. The molecule has 57 heavy (non-hydrogen) atoms. The molecule has 5 N–H and O–H groups in total. The first-order valence-corrected chi connectivity index (χ1v) is 20.8. The quantitative estimate of drug-likeness (QED) is 0.102. The summed E-state index contributed by atoms with van der Waals surface area (Å²) in [4.78, 5) is 73.5. The van der Waals surface area contributed by atoms with Crippen LogP contribution in [0.3, 0.4) is 0 Å². The SMILES string of the molecule is CNC(=O)NC(C(=O)N1C2CCC(C2)C1c1ncc(-c2cc3ccc4cc(-c5cnc(C6CCCN6C(=O)C(NC(=O)OC)C(C)C)[nH]5)ccc4c3s2)[nH]1)C(C)C. The predicted molar refractivity (Wildman–Crippen MR) is 219 cm³/mol. The Hall–Kier alpha value is -5.44. The number of nitrogens with zero attached hydrogens (tertiary/aromatic N) is 4. The van der Waals surface area contributed by atoms with E-state index in [1.165, 1.54) is 11.8 Å². The van der Waals surface area contributed by atoms with Crippen LogP contribution >= 0.6 is 11.3 Å². The van der Waals surface area contributed by atoms with Crippen LogP contribution in [-0.2, 0) is 14.3 Å². The van der Waals surface area contributed by atoms with Gasteiger partial charge in [0.25, 0.3) is 0 Å². The van der Waals surface area contributed by atoms with Crippen molar-refractivity contribution in [2.45, 2.75) is 90.0 Å². The van der Waals surface area contributed by atoms with Crippen LogP contribution in [0.5, 0.6) is 0 Å². The molecule has 0 spiro atoms. The number of imidazole rings is 2. The second-order valence-corrected chi connectivity index (χ2v) is 17.4. The Labute approximate surface area is 335 Å². The summed E-state index contributed by atoms with van der Waals surface area (Å²) in [6, 6.07) is 11.0. The van der Waals surface area contributed by atoms with Gasteiger partial charge in [-0.3, -0.25) is 9.59 Å². The molecule has 14 nitrogen and oxygen atoms in total. The van der Waals surface area contributed by atoms with E-state index in [0.717, 1.165) is 81.7 Å². The Morgan fingerprint density at radius 3 is 2.33 bits per heavy atom. The summed E-state index contributed by atoms with van der Waals surface area (Å²) < 4.78 is 5.95. The van der Waals surface area contributed by atoms with Gasteiger partial charge in [-0.25, -0.2) is 19.6 Å². The van der Waals surface area contributed by atoms with Gasteiger partial charge in [0.15, 0.2) is 0 Å². The molecular weight excluding hydrogens is 743 g/mol. The lowest BCUT2D eigenvalue weighted by Gasteiger charge is -2.37. The second kappa shape index (κ2) is 15.5. The summed E-state index contributed by atoms with van der Waals surface area (Å²) in [5.74, 6) is 1.48. The number of aromatic nitrogens is 4. The Morgan fingerprint density at radius 1 is 0.860 bits per heavy atom. The maximum atomic E-state index is 14.0. The molecule has 1 aliphatic carbocycles. The molecule has 5 aromatic rings. The smallest absolute Gasteiger partial charge is 0.407 e. The highest BCUT2D eigenvalue weighted by atomic mass is 32.1. The van der Waals surface area contributed by atoms with Crippen LogP contribution < -0.4 is 16.0 Å². The van der Waals surface area contributed by atoms with Crippen molar-refractivity contribution in [1.82, 2.24) is 45.7 Å². The van der Waals surface area contributed by atoms with Crippen LogP contribution in [0.25, 0.3) is 42.7 Å². The van der Waals surface area contributed by atoms with Crippen molar-refractivity contribution in [2.75, 3.05) is 20.7 Å². The zero-order valence-electron chi connectivity index (χ0n) is 33.2. The normalized spacial score (nSPS) is 21.5. The molecule has 3 aliphatic rings. The van der Waals surface area contributed by atoms with Crippen molar-refractivity contribution in [3.63, 3.8) is 0 Å². The first-order valence-electron chi connectivity index (χ1n) is 20.0. The minimum absolute atomic E-state index is 0.0526. The molecule has 2 aliphatic heterocycles. The molecule has 3 fully saturated rings. The van der Waals surface area contributed by atoms with Crippen LogP contribution in [0, 0.1) is 17.8 Å². The summed E-state index contributed by atoms with van der Waals surface area (Å²) in [5, 5.41) is 11.6. The highest BCUT2D eigenvalue weighted by molar-refractivity contribution is 7.23. The summed E-state index contributed by atoms with van der Waals surface area (Å²) in [6.45, 7) is 8.32. The molecule has 0 radical (unpaired) electrons. The van der Waals surface area contributed by atoms with E-state index in [1.54, 1.807) is 18.4 Å². The molecule has 300 valence electrons. The fraction of sp³-hybridized carbons (Fsp3) is 0.476. The Kier molecular flexibility index (Phi) is 10.4. The van der Waals surface area contributed by atoms with E-state index in [2.05, 4.69) is 62.3 Å². The fourth-order valence-electron chi connectivity index (χ4n) is 9.13. The third-order valence-electron chi connectivity index (χ3n) is 12.1. The number of H-pyrrole nitrogens is 2. The summed E-state index contributed by atoms with van der Waals surface area (Å²) in [7, 11) is 2.85. The molecule has 1 saturated carbocycles. The summed E-state index contributed by atoms with van der Waals surface area (Å²) in [6.07, 6.45) is 7.68. The molecule has 5 heterocycles. The van der Waals surface area contributed by atoms with Gasteiger partial charge in [0, 0.05) is 29.9 Å². The maximum Gasteiger partial charge on any atom is 0.407 e. The molecule has 2 bridgehead atoms. The lowest BCUT2D eigenvalue weighted by Crippen LogP contribution is -2.55. The number of carbonyl (C=O) groups excluding carboxylic acids is 4. The van der Waals surface area contributed by atoms with Crippen molar-refractivity contribution < 1.29 is 23.9 Å². The standard InChI is InChI=1S/C42H51N9O5S/c1-21(2)33(49-42(55)56-6)39(52)50-15-7-8-31(50)37-44-19-29(46-37)24-12-14-28-23(16-24)9-10-26-18-32(57-36(26)28)30-20-45-38(47-30)35-25-11-13-27(17-25)51(35)40(53)34(22(3)4)48-41(54)43-5/h9-10,12,14,16,18-22,25,27,31,33-35H,7-8,11,13,15,17H2,1-6H3,(H,44,46)(H,45,47)(H,49,55)(H2,43,48,54). The number of ether oxygens (including phenoxy) is 1. The van der Waals surface area contributed by atoms with Crippen LogP contribution in [0.1, 0.15) is 83.5 Å². The molecule has 8 rings (SSSR count). The number of hydrogen-bond donors (Lipinski definition) is 5. The van der Waals surface area contributed by atoms with Gasteiger partial charge in [-0.05, 0) is 78.1 Å². The Morgan fingerprint density at radius 2 is 1.58 bits per heavy atom. The van der Waals surface area contributed by atoms with Crippen LogP contribution in [0.4, 0.5) is 9.59 Å². The lowest BCUT2D eigenvalue weighted by atomic mass is 9.95. The lowest BCUT2D eigenvalue weighted by molar-refractivity contribution is -0.139. The zero-order valence-corrected chi connectivity index (χ0v) is 34.0. The van der Waals surface area contributed by atoms with Gasteiger partial charge in [-0.1, -0.05) is 52.0 Å². The first-order chi connectivity index (χ1) is 27.4. The predicted octanol–water partition coefficient (Wildman–Crippen LogP) is 6.88. The van der Waals surface area contributed by atoms with Gasteiger partial charge in [-0.2, -0.15) is 0 Å². The van der Waals surface area contributed by atoms with Gasteiger partial charge >= 0.3 is 12.1 Å². The molecule has 3 aromatic heterocycles. The van der Waals surface area contributed by atoms with Gasteiger partial charge in [-0.15, -0.1) is 11.3 Å². The molecule has 2 saturated heterocycles. The van der Waals surface area contributed by atoms with E-state index in [1.807, 2.05) is 49.9 Å². The van der Waals surface area contributed by atoms with E-state index in [4.69, 9.17) is 14.7 Å². The van der Waals surface area contributed by atoms with E-state index in [0.29, 0.717) is 12.5 Å². The molecule has 5 amide bonds. The number of hydrogen-bond acceptors (Lipinski definition) is 8. The Bertz CT molecular complexity index is 2330. The molecule has 2 aromatic carbocycles. The number of rotatable bonds is 10. The zero-order chi connectivity index (χ0) is 40.1. The van der Waals surface area contributed by atoms with Gasteiger partial charge in [0.2, 0.25) is 11.8 Å². The third-order valence-corrected chi connectivity index (χ3v) is 13.3. The number of aromatic amines is 2. The van der Waals surface area contributed by atoms with E-state index < -0.39 is 18.2 Å². The number of urea groups is 1. The number of alkyl carbamates (subject to hydrolysis) is 1. The average molecular weight is 794 g/mol. The number of fused-ring (bicyclic) bond motifs is 5. The number of thiophene rings is 1. The van der Waals surface area contributed by atoms with E-state index >= 15 is 0 Å². The molecule has 6 unspecified atom stereocenters. The van der Waals surface area contributed by atoms with E-state index in [9.17, 15) is 19.2 Å². The number of benzene rings is 2. The van der Waals surface area contributed by atoms with Crippen molar-refractivity contribution in [3.05, 3.63) is 60.4 Å². The number of piperidine rings is 1. The molecule has 6 atom stereocenters. The van der Waals surface area contributed by atoms with Gasteiger partial charge < -0.3 is 40.5 Å². The number of amides is 5. The van der Waals surface area contributed by atoms with Gasteiger partial charge in [0.1, 0.15) is 23.7 Å². The second-order valence-electron chi connectivity index (χ2n) is 16.3. The number of carbonyl (C=O) groups is 4. The average Bonchev–Trinajstić information content (AvgIpc) is 4.06. The molecular formula is C42H51N9O5S. The topological polar surface area (TPSA) is 177 Å². The number of methoxy groups -OCH3 is 1. The highest BCUT2D eigenvalue weighted by Crippen LogP contribution is 2.50. The fourth-order valence-corrected chi connectivity index (χ4v) is 10.3. The minimum Gasteiger partial charge on any atom is -0.453 e. The number of likely N-dealkylation sites (tertiary alicyclic amines) is 2. The highest BCUT2D eigenvalue weighted by Gasteiger charge is 2.51. The van der Waals surface area contributed by atoms with Crippen LogP contribution in [-0.4, -0.2) is 92.5 Å². The summed E-state index contributed by atoms with van der Waals surface area (Å²) >= 11 is 1.71.